The Labute approximate surface area is 210 Å². The zero-order valence-electron chi connectivity index (χ0n) is 21.2. The summed E-state index contributed by atoms with van der Waals surface area (Å²) >= 11 is 0. The number of likely N-dealkylation sites (tertiary alicyclic amines) is 1. The summed E-state index contributed by atoms with van der Waals surface area (Å²) in [6, 6.07) is 10.8. The summed E-state index contributed by atoms with van der Waals surface area (Å²) in [6.07, 6.45) is 5.29. The van der Waals surface area contributed by atoms with Crippen LogP contribution in [0, 0.1) is 0 Å². The lowest BCUT2D eigenvalue weighted by Crippen LogP contribution is -2.58. The van der Waals surface area contributed by atoms with Crippen LogP contribution < -0.4 is 11.1 Å². The summed E-state index contributed by atoms with van der Waals surface area (Å²) in [7, 11) is 0. The van der Waals surface area contributed by atoms with Gasteiger partial charge in [-0.3, -0.25) is 19.4 Å². The Kier molecular flexibility index (Phi) is 9.54. The van der Waals surface area contributed by atoms with Crippen LogP contribution in [0.3, 0.4) is 0 Å². The molecule has 3 N–H and O–H groups in total. The molecule has 4 rings (SSSR count). The third-order valence-corrected chi connectivity index (χ3v) is 7.95. The van der Waals surface area contributed by atoms with Crippen molar-refractivity contribution in [3.63, 3.8) is 0 Å². The second kappa shape index (κ2) is 12.8. The molecule has 8 heteroatoms. The van der Waals surface area contributed by atoms with E-state index < -0.39 is 6.04 Å². The quantitative estimate of drug-likeness (QED) is 0.581. The van der Waals surface area contributed by atoms with E-state index in [0.29, 0.717) is 13.0 Å². The average molecular weight is 486 g/mol. The molecule has 0 aromatic heterocycles. The Morgan fingerprint density at radius 1 is 1.06 bits per heavy atom. The molecule has 1 saturated carbocycles. The van der Waals surface area contributed by atoms with Gasteiger partial charge >= 0.3 is 0 Å². The van der Waals surface area contributed by atoms with Gasteiger partial charge in [0.15, 0.2) is 0 Å². The van der Waals surface area contributed by atoms with Gasteiger partial charge in [0.05, 0.1) is 13.2 Å². The van der Waals surface area contributed by atoms with E-state index in [1.807, 2.05) is 6.07 Å². The molecule has 8 nitrogen and oxygen atoms in total. The fourth-order valence-corrected chi connectivity index (χ4v) is 5.77. The molecular formula is C27H43N5O3. The van der Waals surface area contributed by atoms with Crippen LogP contribution in [-0.2, 0) is 20.9 Å². The van der Waals surface area contributed by atoms with E-state index in [0.717, 1.165) is 78.0 Å². The first-order chi connectivity index (χ1) is 17.0. The zero-order valence-corrected chi connectivity index (χ0v) is 21.2. The molecule has 1 aromatic carbocycles. The first-order valence-corrected chi connectivity index (χ1v) is 13.4. The maximum atomic E-state index is 13.4. The number of benzene rings is 1. The SMILES string of the molecule is CC(=O)N1CCC(N(CCN2CCOCC2)Cc2ccccc2)C[C@@H]1C(=O)NC1CCC(N)CC1. The van der Waals surface area contributed by atoms with Crippen molar-refractivity contribution in [3.8, 4) is 0 Å². The molecule has 0 bridgehead atoms. The highest BCUT2D eigenvalue weighted by molar-refractivity contribution is 5.87. The number of nitrogens with zero attached hydrogens (tertiary/aromatic N) is 3. The number of nitrogens with one attached hydrogen (secondary N) is 1. The number of carbonyl (C=O) groups is 2. The number of amides is 2. The average Bonchev–Trinajstić information content (AvgIpc) is 2.88. The van der Waals surface area contributed by atoms with Crippen LogP contribution in [0.2, 0.25) is 0 Å². The summed E-state index contributed by atoms with van der Waals surface area (Å²) < 4.78 is 5.52. The molecular weight excluding hydrogens is 442 g/mol. The van der Waals surface area contributed by atoms with Crippen LogP contribution >= 0.6 is 0 Å². The zero-order chi connectivity index (χ0) is 24.6. The highest BCUT2D eigenvalue weighted by Gasteiger charge is 2.38. The van der Waals surface area contributed by atoms with Crippen molar-refractivity contribution in [2.45, 2.75) is 76.2 Å². The fourth-order valence-electron chi connectivity index (χ4n) is 5.77. The topological polar surface area (TPSA) is 91.1 Å². The van der Waals surface area contributed by atoms with Crippen molar-refractivity contribution >= 4 is 11.8 Å². The molecule has 1 aliphatic carbocycles. The second-order valence-corrected chi connectivity index (χ2v) is 10.4. The first kappa shape index (κ1) is 26.1. The van der Waals surface area contributed by atoms with E-state index in [9.17, 15) is 9.59 Å². The van der Waals surface area contributed by atoms with Gasteiger partial charge in [0.1, 0.15) is 6.04 Å². The summed E-state index contributed by atoms with van der Waals surface area (Å²) in [4.78, 5) is 32.6. The van der Waals surface area contributed by atoms with Crippen LogP contribution in [0.4, 0.5) is 0 Å². The molecule has 1 aromatic rings. The molecule has 2 heterocycles. The number of carbonyl (C=O) groups excluding carboxylic acids is 2. The Hall–Kier alpha value is -2.00. The number of hydrogen-bond donors (Lipinski definition) is 2. The largest absolute Gasteiger partial charge is 0.379 e. The predicted octanol–water partition coefficient (Wildman–Crippen LogP) is 1.59. The van der Waals surface area contributed by atoms with Gasteiger partial charge in [-0.1, -0.05) is 30.3 Å². The lowest BCUT2D eigenvalue weighted by molar-refractivity contribution is -0.142. The molecule has 3 fully saturated rings. The van der Waals surface area contributed by atoms with Gasteiger partial charge in [-0.25, -0.2) is 0 Å². The Bertz CT molecular complexity index is 808. The first-order valence-electron chi connectivity index (χ1n) is 13.4. The van der Waals surface area contributed by atoms with Crippen molar-refractivity contribution in [1.29, 1.82) is 0 Å². The van der Waals surface area contributed by atoms with Gasteiger partial charge in [0.25, 0.3) is 0 Å². The van der Waals surface area contributed by atoms with E-state index >= 15 is 0 Å². The van der Waals surface area contributed by atoms with Crippen molar-refractivity contribution < 1.29 is 14.3 Å². The number of rotatable bonds is 8. The van der Waals surface area contributed by atoms with Gasteiger partial charge in [0.2, 0.25) is 11.8 Å². The molecule has 2 saturated heterocycles. The maximum absolute atomic E-state index is 13.4. The van der Waals surface area contributed by atoms with Gasteiger partial charge in [-0.2, -0.15) is 0 Å². The monoisotopic (exact) mass is 485 g/mol. The lowest BCUT2D eigenvalue weighted by Gasteiger charge is -2.43. The fraction of sp³-hybridized carbons (Fsp3) is 0.704. The standard InChI is InChI=1S/C27H43N5O3/c1-21(33)32-12-11-25(19-26(32)27(34)29-24-9-7-23(28)8-10-24)31(20-22-5-3-2-4-6-22)14-13-30-15-17-35-18-16-30/h2-6,23-26H,7-20,28H2,1H3,(H,29,34)/t23?,24?,25?,26-/m1/s1. The van der Waals surface area contributed by atoms with Gasteiger partial charge in [-0.15, -0.1) is 0 Å². The van der Waals surface area contributed by atoms with Crippen LogP contribution in [0.1, 0.15) is 51.0 Å². The lowest BCUT2D eigenvalue weighted by atomic mass is 9.90. The van der Waals surface area contributed by atoms with Crippen molar-refractivity contribution in [1.82, 2.24) is 20.0 Å². The van der Waals surface area contributed by atoms with E-state index in [4.69, 9.17) is 10.5 Å². The summed E-state index contributed by atoms with van der Waals surface area (Å²) in [6.45, 7) is 8.52. The van der Waals surface area contributed by atoms with E-state index in [-0.39, 0.29) is 29.9 Å². The van der Waals surface area contributed by atoms with Crippen molar-refractivity contribution in [2.24, 2.45) is 5.73 Å². The highest BCUT2D eigenvalue weighted by Crippen LogP contribution is 2.25. The molecule has 0 radical (unpaired) electrons. The minimum absolute atomic E-state index is 0.00166. The van der Waals surface area contributed by atoms with Gasteiger partial charge < -0.3 is 20.7 Å². The Balaban J connectivity index is 1.44. The molecule has 0 spiro atoms. The van der Waals surface area contributed by atoms with Crippen LogP contribution in [0.25, 0.3) is 0 Å². The highest BCUT2D eigenvalue weighted by atomic mass is 16.5. The minimum Gasteiger partial charge on any atom is -0.379 e. The predicted molar refractivity (Wildman–Crippen MR) is 137 cm³/mol. The van der Waals surface area contributed by atoms with Crippen LogP contribution in [0.5, 0.6) is 0 Å². The molecule has 194 valence electrons. The molecule has 2 amide bonds. The van der Waals surface area contributed by atoms with Crippen LogP contribution in [-0.4, -0.2) is 96.6 Å². The third-order valence-electron chi connectivity index (χ3n) is 7.95. The van der Waals surface area contributed by atoms with Gasteiger partial charge in [0, 0.05) is 64.3 Å². The molecule has 35 heavy (non-hydrogen) atoms. The third kappa shape index (κ3) is 7.49. The minimum atomic E-state index is -0.413. The Morgan fingerprint density at radius 3 is 2.46 bits per heavy atom. The number of morpholine rings is 1. The smallest absolute Gasteiger partial charge is 0.243 e. The number of hydrogen-bond acceptors (Lipinski definition) is 6. The second-order valence-electron chi connectivity index (χ2n) is 10.4. The summed E-state index contributed by atoms with van der Waals surface area (Å²) in [5.74, 6) is -0.0181. The summed E-state index contributed by atoms with van der Waals surface area (Å²) in [5.41, 5.74) is 7.33. The van der Waals surface area contributed by atoms with E-state index in [2.05, 4.69) is 39.4 Å². The molecule has 2 aliphatic heterocycles. The van der Waals surface area contributed by atoms with E-state index in [1.165, 1.54) is 5.56 Å². The summed E-state index contributed by atoms with van der Waals surface area (Å²) in [5, 5.41) is 3.26. The van der Waals surface area contributed by atoms with Crippen molar-refractivity contribution in [2.75, 3.05) is 45.9 Å². The van der Waals surface area contributed by atoms with Crippen molar-refractivity contribution in [3.05, 3.63) is 35.9 Å². The van der Waals surface area contributed by atoms with Gasteiger partial charge in [-0.05, 0) is 44.1 Å². The maximum Gasteiger partial charge on any atom is 0.243 e. The number of nitrogens with two attached hydrogens (primary N) is 1. The normalized spacial score (nSPS) is 28.1. The van der Waals surface area contributed by atoms with E-state index in [1.54, 1.807) is 11.8 Å². The Morgan fingerprint density at radius 2 is 1.77 bits per heavy atom. The number of ether oxygens (including phenoxy) is 1. The number of piperidine rings is 1. The molecule has 2 atom stereocenters. The molecule has 3 aliphatic rings. The molecule has 1 unspecified atom stereocenters. The van der Waals surface area contributed by atoms with Crippen LogP contribution in [0.15, 0.2) is 30.3 Å².